The van der Waals surface area contributed by atoms with Gasteiger partial charge in [-0.25, -0.2) is 13.2 Å². The van der Waals surface area contributed by atoms with Crippen molar-refractivity contribution in [1.29, 1.82) is 0 Å². The summed E-state index contributed by atoms with van der Waals surface area (Å²) in [5, 5.41) is 10.9. The van der Waals surface area contributed by atoms with E-state index in [9.17, 15) is 18.0 Å². The van der Waals surface area contributed by atoms with Gasteiger partial charge in [0, 0.05) is 25.2 Å². The molecule has 176 valence electrons. The van der Waals surface area contributed by atoms with E-state index in [-0.39, 0.29) is 35.8 Å². The van der Waals surface area contributed by atoms with Crippen LogP contribution in [0.5, 0.6) is 0 Å². The molecule has 8 nitrogen and oxygen atoms in total. The number of rotatable bonds is 5. The first-order valence-corrected chi connectivity index (χ1v) is 10.9. The molecule has 2 aromatic heterocycles. The highest BCUT2D eigenvalue weighted by Gasteiger charge is 2.34. The highest BCUT2D eigenvalue weighted by atomic mass is 19.1. The molecule has 3 heterocycles. The number of carbonyl (C=O) groups excluding carboxylic acids is 1. The molecule has 0 aliphatic carbocycles. The Labute approximate surface area is 192 Å². The van der Waals surface area contributed by atoms with Gasteiger partial charge in [0.15, 0.2) is 11.4 Å². The summed E-state index contributed by atoms with van der Waals surface area (Å²) < 4.78 is 47.9. The molecule has 1 saturated heterocycles. The van der Waals surface area contributed by atoms with Crippen molar-refractivity contribution in [3.63, 3.8) is 0 Å². The first kappa shape index (κ1) is 21.9. The van der Waals surface area contributed by atoms with E-state index in [1.807, 2.05) is 6.92 Å². The van der Waals surface area contributed by atoms with Crippen LogP contribution in [-0.2, 0) is 0 Å². The fourth-order valence-corrected chi connectivity index (χ4v) is 4.40. The van der Waals surface area contributed by atoms with Crippen LogP contribution in [0.1, 0.15) is 30.1 Å². The number of nitrogens with one attached hydrogen (secondary N) is 1. The van der Waals surface area contributed by atoms with Crippen molar-refractivity contribution in [1.82, 2.24) is 24.9 Å². The number of benzene rings is 2. The standard InChI is InChI=1S/C23H21F3N6O2/c1-13-3-2-8-31(19(13)12-27-23-30-18-11-14(24)4-5-20(18)34-23)22(33)16-9-15(25)10-17(26)21(16)32-28-6-7-29-32/h4-7,9-11,13,19H,2-3,8,12H2,1H3,(H,27,30)/t13-,19-/m1/s1. The molecule has 0 bridgehead atoms. The zero-order chi connectivity index (χ0) is 23.8. The number of piperidine rings is 1. The minimum Gasteiger partial charge on any atom is -0.424 e. The third-order valence-corrected chi connectivity index (χ3v) is 6.07. The topological polar surface area (TPSA) is 89.1 Å². The molecule has 11 heteroatoms. The number of amides is 1. The smallest absolute Gasteiger partial charge is 0.295 e. The van der Waals surface area contributed by atoms with Crippen molar-refractivity contribution >= 4 is 23.0 Å². The highest BCUT2D eigenvalue weighted by Crippen LogP contribution is 2.29. The third kappa shape index (κ3) is 4.09. The zero-order valence-electron chi connectivity index (χ0n) is 18.2. The molecule has 34 heavy (non-hydrogen) atoms. The fourth-order valence-electron chi connectivity index (χ4n) is 4.40. The Morgan fingerprint density at radius 3 is 2.74 bits per heavy atom. The van der Waals surface area contributed by atoms with Gasteiger partial charge in [-0.3, -0.25) is 4.79 Å². The van der Waals surface area contributed by atoms with E-state index < -0.39 is 23.4 Å². The SMILES string of the molecule is C[C@@H]1CCCN(C(=O)c2cc(F)cc(F)c2-n2nccn2)[C@@H]1CNc1nc2cc(F)ccc2o1. The lowest BCUT2D eigenvalue weighted by atomic mass is 9.90. The number of nitrogens with zero attached hydrogens (tertiary/aromatic N) is 5. The van der Waals surface area contributed by atoms with Crippen LogP contribution < -0.4 is 5.32 Å². The molecular formula is C23H21F3N6O2. The molecule has 1 amide bonds. The van der Waals surface area contributed by atoms with Gasteiger partial charge in [0.1, 0.15) is 22.8 Å². The second-order valence-corrected chi connectivity index (χ2v) is 8.30. The molecule has 1 aliphatic heterocycles. The van der Waals surface area contributed by atoms with Gasteiger partial charge in [-0.05, 0) is 37.0 Å². The predicted molar refractivity (Wildman–Crippen MR) is 117 cm³/mol. The van der Waals surface area contributed by atoms with E-state index in [4.69, 9.17) is 4.42 Å². The number of aromatic nitrogens is 4. The van der Waals surface area contributed by atoms with Gasteiger partial charge in [0.25, 0.3) is 11.9 Å². The van der Waals surface area contributed by atoms with E-state index >= 15 is 0 Å². The predicted octanol–water partition coefficient (Wildman–Crippen LogP) is 4.18. The normalized spacial score (nSPS) is 18.4. The zero-order valence-corrected chi connectivity index (χ0v) is 18.2. The number of carbonyl (C=O) groups is 1. The summed E-state index contributed by atoms with van der Waals surface area (Å²) >= 11 is 0. The van der Waals surface area contributed by atoms with Crippen molar-refractivity contribution in [2.24, 2.45) is 5.92 Å². The Bertz CT molecular complexity index is 1340. The van der Waals surface area contributed by atoms with E-state index in [1.54, 1.807) is 4.90 Å². The summed E-state index contributed by atoms with van der Waals surface area (Å²) in [5.41, 5.74) is 0.436. The van der Waals surface area contributed by atoms with Crippen molar-refractivity contribution in [2.45, 2.75) is 25.8 Å². The molecule has 5 rings (SSSR count). The molecule has 4 aromatic rings. The van der Waals surface area contributed by atoms with Gasteiger partial charge >= 0.3 is 0 Å². The van der Waals surface area contributed by atoms with Gasteiger partial charge in [-0.15, -0.1) is 4.80 Å². The Morgan fingerprint density at radius 2 is 1.94 bits per heavy atom. The van der Waals surface area contributed by atoms with Gasteiger partial charge in [-0.2, -0.15) is 15.2 Å². The van der Waals surface area contributed by atoms with E-state index in [1.165, 1.54) is 30.6 Å². The lowest BCUT2D eigenvalue weighted by Gasteiger charge is -2.40. The number of hydrogen-bond donors (Lipinski definition) is 1. The van der Waals surface area contributed by atoms with Gasteiger partial charge in [0.05, 0.1) is 24.0 Å². The molecule has 0 radical (unpaired) electrons. The van der Waals surface area contributed by atoms with Crippen LogP contribution >= 0.6 is 0 Å². The Kier molecular flexibility index (Phi) is 5.68. The monoisotopic (exact) mass is 470 g/mol. The molecule has 1 fully saturated rings. The second-order valence-electron chi connectivity index (χ2n) is 8.30. The molecule has 0 saturated carbocycles. The number of hydrogen-bond acceptors (Lipinski definition) is 6. The number of halogens is 3. The van der Waals surface area contributed by atoms with Crippen molar-refractivity contribution in [3.05, 3.63) is 65.7 Å². The summed E-state index contributed by atoms with van der Waals surface area (Å²) in [5.74, 6) is -2.65. The van der Waals surface area contributed by atoms with Crippen molar-refractivity contribution < 1.29 is 22.4 Å². The first-order chi connectivity index (χ1) is 16.4. The summed E-state index contributed by atoms with van der Waals surface area (Å²) in [6, 6.07) is 5.64. The van der Waals surface area contributed by atoms with Crippen LogP contribution in [0.15, 0.2) is 47.1 Å². The summed E-state index contributed by atoms with van der Waals surface area (Å²) in [4.78, 5) is 20.4. The minimum atomic E-state index is -0.932. The highest BCUT2D eigenvalue weighted by molar-refractivity contribution is 5.98. The Balaban J connectivity index is 1.43. The van der Waals surface area contributed by atoms with Crippen molar-refractivity contribution in [2.75, 3.05) is 18.4 Å². The van der Waals surface area contributed by atoms with Crippen LogP contribution in [0.2, 0.25) is 0 Å². The lowest BCUT2D eigenvalue weighted by Crippen LogP contribution is -2.51. The molecule has 2 aromatic carbocycles. The van der Waals surface area contributed by atoms with Crippen LogP contribution in [0.3, 0.4) is 0 Å². The van der Waals surface area contributed by atoms with Crippen LogP contribution in [0, 0.1) is 23.4 Å². The third-order valence-electron chi connectivity index (χ3n) is 6.07. The first-order valence-electron chi connectivity index (χ1n) is 10.9. The van der Waals surface area contributed by atoms with E-state index in [0.29, 0.717) is 23.7 Å². The molecule has 0 spiro atoms. The fraction of sp³-hybridized carbons (Fsp3) is 0.304. The average Bonchev–Trinajstić information content (AvgIpc) is 3.46. The average molecular weight is 470 g/mol. The largest absolute Gasteiger partial charge is 0.424 e. The maximum atomic E-state index is 14.7. The van der Waals surface area contributed by atoms with E-state index in [0.717, 1.165) is 23.7 Å². The maximum Gasteiger partial charge on any atom is 0.295 e. The summed E-state index contributed by atoms with van der Waals surface area (Å²) in [6.07, 6.45) is 4.32. The number of fused-ring (bicyclic) bond motifs is 1. The maximum absolute atomic E-state index is 14.7. The number of oxazole rings is 1. The van der Waals surface area contributed by atoms with Gasteiger partial charge in [0.2, 0.25) is 0 Å². The summed E-state index contributed by atoms with van der Waals surface area (Å²) in [6.45, 7) is 2.71. The van der Waals surface area contributed by atoms with Crippen LogP contribution in [0.25, 0.3) is 16.8 Å². The number of likely N-dealkylation sites (tertiary alicyclic amines) is 1. The van der Waals surface area contributed by atoms with Gasteiger partial charge < -0.3 is 14.6 Å². The minimum absolute atomic E-state index is 0.0942. The lowest BCUT2D eigenvalue weighted by molar-refractivity contribution is 0.0538. The van der Waals surface area contributed by atoms with Crippen LogP contribution in [0.4, 0.5) is 19.2 Å². The second kappa shape index (κ2) is 8.81. The Morgan fingerprint density at radius 1 is 1.15 bits per heavy atom. The number of anilines is 1. The summed E-state index contributed by atoms with van der Waals surface area (Å²) in [7, 11) is 0. The van der Waals surface area contributed by atoms with Crippen molar-refractivity contribution in [3.8, 4) is 5.69 Å². The quantitative estimate of drug-likeness (QED) is 0.471. The molecular weight excluding hydrogens is 449 g/mol. The molecule has 1 aliphatic rings. The van der Waals surface area contributed by atoms with Gasteiger partial charge in [-0.1, -0.05) is 6.92 Å². The molecule has 2 atom stereocenters. The molecule has 1 N–H and O–H groups in total. The Hall–Kier alpha value is -3.89. The van der Waals surface area contributed by atoms with E-state index in [2.05, 4.69) is 20.5 Å². The molecule has 0 unspecified atom stereocenters. The van der Waals surface area contributed by atoms with Crippen LogP contribution in [-0.4, -0.2) is 49.9 Å².